The molecule has 1 heterocycles. The number of nitrogen functional groups attached to an aromatic ring is 1. The molecule has 94 valence electrons. The number of benzene rings is 1. The number of rotatable bonds is 5. The van der Waals surface area contributed by atoms with Crippen molar-refractivity contribution in [2.75, 3.05) is 17.6 Å². The Hall–Kier alpha value is -2.57. The molecule has 1 aromatic heterocycles. The third-order valence-electron chi connectivity index (χ3n) is 2.37. The van der Waals surface area contributed by atoms with Gasteiger partial charge < -0.3 is 21.3 Å². The number of aromatic nitrogens is 2. The van der Waals surface area contributed by atoms with Crippen LogP contribution in [0.2, 0.25) is 0 Å². The van der Waals surface area contributed by atoms with E-state index in [9.17, 15) is 4.79 Å². The molecular formula is C11H13N5O2. The van der Waals surface area contributed by atoms with Crippen molar-refractivity contribution < 1.29 is 9.32 Å². The molecule has 0 aliphatic carbocycles. The number of nitrogens with one attached hydrogen (secondary N) is 1. The van der Waals surface area contributed by atoms with Crippen molar-refractivity contribution in [1.29, 1.82) is 0 Å². The van der Waals surface area contributed by atoms with Crippen molar-refractivity contribution in [1.82, 2.24) is 10.1 Å². The van der Waals surface area contributed by atoms with Gasteiger partial charge in [0.2, 0.25) is 5.89 Å². The van der Waals surface area contributed by atoms with Crippen molar-refractivity contribution in [3.8, 4) is 0 Å². The molecule has 1 amide bonds. The van der Waals surface area contributed by atoms with Crippen molar-refractivity contribution in [3.05, 3.63) is 36.0 Å². The highest BCUT2D eigenvalue weighted by Gasteiger charge is 2.08. The van der Waals surface area contributed by atoms with Crippen LogP contribution in [0.4, 0.5) is 11.4 Å². The summed E-state index contributed by atoms with van der Waals surface area (Å²) in [5.41, 5.74) is 12.5. The second kappa shape index (κ2) is 5.17. The third kappa shape index (κ3) is 2.76. The number of nitrogens with zero attached hydrogens (tertiary/aromatic N) is 2. The van der Waals surface area contributed by atoms with E-state index in [0.717, 1.165) is 0 Å². The van der Waals surface area contributed by atoms with Gasteiger partial charge in [-0.05, 0) is 18.2 Å². The standard InChI is InChI=1S/C11H13N5O2/c12-7-1-2-8(11(13)17)9(5-7)14-4-3-10-15-6-16-18-10/h1-2,5-6,14H,3-4,12H2,(H2,13,17). The molecule has 0 atom stereocenters. The molecule has 2 rings (SSSR count). The molecule has 7 nitrogen and oxygen atoms in total. The SMILES string of the molecule is NC(=O)c1ccc(N)cc1NCCc1ncno1. The molecule has 18 heavy (non-hydrogen) atoms. The fraction of sp³-hybridized carbons (Fsp3) is 0.182. The lowest BCUT2D eigenvalue weighted by Gasteiger charge is -2.09. The van der Waals surface area contributed by atoms with Gasteiger partial charge in [-0.2, -0.15) is 4.98 Å². The summed E-state index contributed by atoms with van der Waals surface area (Å²) in [7, 11) is 0. The Labute approximate surface area is 103 Å². The Kier molecular flexibility index (Phi) is 3.42. The van der Waals surface area contributed by atoms with Gasteiger partial charge in [0.1, 0.15) is 0 Å². The Balaban J connectivity index is 2.03. The van der Waals surface area contributed by atoms with Crippen LogP contribution in [0.25, 0.3) is 0 Å². The molecule has 0 unspecified atom stereocenters. The predicted octanol–water partition coefficient (Wildman–Crippen LogP) is 0.405. The van der Waals surface area contributed by atoms with Gasteiger partial charge in [0.05, 0.1) is 5.56 Å². The van der Waals surface area contributed by atoms with Gasteiger partial charge in [-0.1, -0.05) is 5.16 Å². The summed E-state index contributed by atoms with van der Waals surface area (Å²) in [5, 5.41) is 6.56. The van der Waals surface area contributed by atoms with Gasteiger partial charge in [0.25, 0.3) is 5.91 Å². The van der Waals surface area contributed by atoms with Gasteiger partial charge in [-0.25, -0.2) is 0 Å². The highest BCUT2D eigenvalue weighted by Crippen LogP contribution is 2.18. The minimum Gasteiger partial charge on any atom is -0.399 e. The van der Waals surface area contributed by atoms with E-state index in [0.29, 0.717) is 35.8 Å². The number of anilines is 2. The van der Waals surface area contributed by atoms with E-state index < -0.39 is 5.91 Å². The summed E-state index contributed by atoms with van der Waals surface area (Å²) in [6.07, 6.45) is 1.89. The monoisotopic (exact) mass is 247 g/mol. The molecule has 0 saturated heterocycles. The van der Waals surface area contributed by atoms with Crippen LogP contribution >= 0.6 is 0 Å². The zero-order valence-electron chi connectivity index (χ0n) is 9.59. The molecule has 5 N–H and O–H groups in total. The molecule has 2 aromatic rings. The van der Waals surface area contributed by atoms with Gasteiger partial charge in [0, 0.05) is 24.3 Å². The summed E-state index contributed by atoms with van der Waals surface area (Å²) in [6.45, 7) is 0.534. The topological polar surface area (TPSA) is 120 Å². The number of hydrogen-bond acceptors (Lipinski definition) is 6. The van der Waals surface area contributed by atoms with Crippen LogP contribution in [-0.2, 0) is 6.42 Å². The zero-order valence-corrected chi connectivity index (χ0v) is 9.59. The average molecular weight is 247 g/mol. The van der Waals surface area contributed by atoms with Gasteiger partial charge in [0.15, 0.2) is 6.33 Å². The van der Waals surface area contributed by atoms with E-state index in [-0.39, 0.29) is 0 Å². The molecule has 0 saturated carbocycles. The predicted molar refractivity (Wildman–Crippen MR) is 65.9 cm³/mol. The van der Waals surface area contributed by atoms with Crippen LogP contribution in [0.1, 0.15) is 16.2 Å². The lowest BCUT2D eigenvalue weighted by Crippen LogP contribution is -2.15. The lowest BCUT2D eigenvalue weighted by atomic mass is 10.1. The Morgan fingerprint density at radius 3 is 2.94 bits per heavy atom. The second-order valence-electron chi connectivity index (χ2n) is 3.68. The fourth-order valence-corrected chi connectivity index (χ4v) is 1.53. The molecule has 0 fully saturated rings. The van der Waals surface area contributed by atoms with Crippen LogP contribution < -0.4 is 16.8 Å². The Morgan fingerprint density at radius 1 is 1.44 bits per heavy atom. The molecule has 0 bridgehead atoms. The number of hydrogen-bond donors (Lipinski definition) is 3. The molecule has 0 radical (unpaired) electrons. The summed E-state index contributed by atoms with van der Waals surface area (Å²) in [4.78, 5) is 15.1. The van der Waals surface area contributed by atoms with Gasteiger partial charge in [-0.15, -0.1) is 0 Å². The summed E-state index contributed by atoms with van der Waals surface area (Å²) >= 11 is 0. The largest absolute Gasteiger partial charge is 0.399 e. The molecule has 0 aliphatic heterocycles. The quantitative estimate of drug-likeness (QED) is 0.658. The molecule has 0 spiro atoms. The van der Waals surface area contributed by atoms with Gasteiger partial charge >= 0.3 is 0 Å². The first kappa shape index (κ1) is 11.9. The Bertz CT molecular complexity index is 538. The van der Waals surface area contributed by atoms with Crippen molar-refractivity contribution >= 4 is 17.3 Å². The van der Waals surface area contributed by atoms with E-state index in [4.69, 9.17) is 16.0 Å². The van der Waals surface area contributed by atoms with Crippen molar-refractivity contribution in [2.45, 2.75) is 6.42 Å². The first-order valence-corrected chi connectivity index (χ1v) is 5.35. The van der Waals surface area contributed by atoms with Crippen LogP contribution in [0.15, 0.2) is 29.0 Å². The first-order chi connectivity index (χ1) is 8.66. The number of carbonyl (C=O) groups excluding carboxylic acids is 1. The number of amides is 1. The molecular weight excluding hydrogens is 234 g/mol. The van der Waals surface area contributed by atoms with E-state index in [1.165, 1.54) is 6.33 Å². The molecule has 7 heteroatoms. The van der Waals surface area contributed by atoms with E-state index >= 15 is 0 Å². The summed E-state index contributed by atoms with van der Waals surface area (Å²) in [6, 6.07) is 4.88. The fourth-order valence-electron chi connectivity index (χ4n) is 1.53. The third-order valence-corrected chi connectivity index (χ3v) is 2.37. The summed E-state index contributed by atoms with van der Waals surface area (Å²) < 4.78 is 4.86. The summed E-state index contributed by atoms with van der Waals surface area (Å²) in [5.74, 6) is 0.0160. The first-order valence-electron chi connectivity index (χ1n) is 5.35. The highest BCUT2D eigenvalue weighted by molar-refractivity contribution is 5.99. The number of carbonyl (C=O) groups is 1. The smallest absolute Gasteiger partial charge is 0.250 e. The van der Waals surface area contributed by atoms with Crippen LogP contribution in [-0.4, -0.2) is 22.6 Å². The van der Waals surface area contributed by atoms with Crippen molar-refractivity contribution in [3.63, 3.8) is 0 Å². The maximum absolute atomic E-state index is 11.2. The lowest BCUT2D eigenvalue weighted by molar-refractivity contribution is 0.100. The molecule has 0 aliphatic rings. The maximum Gasteiger partial charge on any atom is 0.250 e. The highest BCUT2D eigenvalue weighted by atomic mass is 16.5. The number of nitrogens with two attached hydrogens (primary N) is 2. The van der Waals surface area contributed by atoms with Crippen LogP contribution in [0.3, 0.4) is 0 Å². The second-order valence-corrected chi connectivity index (χ2v) is 3.68. The normalized spacial score (nSPS) is 10.2. The van der Waals surface area contributed by atoms with Gasteiger partial charge in [-0.3, -0.25) is 4.79 Å². The minimum absolute atomic E-state index is 0.398. The maximum atomic E-state index is 11.2. The zero-order chi connectivity index (χ0) is 13.0. The minimum atomic E-state index is -0.504. The van der Waals surface area contributed by atoms with E-state index in [1.807, 2.05) is 0 Å². The average Bonchev–Trinajstić information content (AvgIpc) is 2.82. The molecule has 1 aromatic carbocycles. The number of primary amides is 1. The van der Waals surface area contributed by atoms with Crippen LogP contribution in [0, 0.1) is 0 Å². The van der Waals surface area contributed by atoms with E-state index in [2.05, 4.69) is 15.5 Å². The van der Waals surface area contributed by atoms with Crippen LogP contribution in [0.5, 0.6) is 0 Å². The van der Waals surface area contributed by atoms with Crippen molar-refractivity contribution in [2.24, 2.45) is 5.73 Å². The Morgan fingerprint density at radius 2 is 2.28 bits per heavy atom. The van der Waals surface area contributed by atoms with E-state index in [1.54, 1.807) is 18.2 Å².